The summed E-state index contributed by atoms with van der Waals surface area (Å²) in [5.41, 5.74) is 6.73. The van der Waals surface area contributed by atoms with Crippen molar-refractivity contribution in [1.82, 2.24) is 14.5 Å². The maximum atomic E-state index is 10.6. The largest absolute Gasteiger partial charge is 0.383 e. The van der Waals surface area contributed by atoms with Crippen LogP contribution in [-0.4, -0.2) is 20.8 Å². The average Bonchev–Trinajstić information content (AvgIpc) is 2.56. The predicted octanol–water partition coefficient (Wildman–Crippen LogP) is 1.77. The van der Waals surface area contributed by atoms with Gasteiger partial charge >= 0.3 is 0 Å². The number of rotatable bonds is 2. The number of nitrogens with zero attached hydrogens (tertiary/aromatic N) is 3. The van der Waals surface area contributed by atoms with E-state index in [-0.39, 0.29) is 5.92 Å². The molecule has 0 unspecified atom stereocenters. The van der Waals surface area contributed by atoms with Gasteiger partial charge in [0.05, 0.1) is 5.39 Å². The number of carbonyl (C=O) groups excluding carboxylic acids is 1. The molecular weight excluding hydrogens is 331 g/mol. The first-order valence-corrected chi connectivity index (χ1v) is 6.50. The lowest BCUT2D eigenvalue weighted by Gasteiger charge is -2.33. The number of nitrogens with two attached hydrogens (primary N) is 1. The molecule has 0 spiro atoms. The highest BCUT2D eigenvalue weighted by atomic mass is 127. The Labute approximate surface area is 112 Å². The summed E-state index contributed by atoms with van der Waals surface area (Å²) >= 11 is 2.24. The van der Waals surface area contributed by atoms with Gasteiger partial charge < -0.3 is 15.1 Å². The van der Waals surface area contributed by atoms with Gasteiger partial charge in [0.25, 0.3) is 0 Å². The highest BCUT2D eigenvalue weighted by Crippen LogP contribution is 2.39. The highest BCUT2D eigenvalue weighted by Gasteiger charge is 2.31. The fourth-order valence-corrected chi connectivity index (χ4v) is 3.13. The third-order valence-electron chi connectivity index (χ3n) is 3.33. The lowest BCUT2D eigenvalue weighted by molar-refractivity contribution is -0.114. The van der Waals surface area contributed by atoms with Gasteiger partial charge in [-0.15, -0.1) is 0 Å². The number of aromatic nitrogens is 3. The average molecular weight is 342 g/mol. The number of aldehydes is 1. The van der Waals surface area contributed by atoms with Gasteiger partial charge in [-0.2, -0.15) is 0 Å². The molecule has 0 saturated heterocycles. The maximum Gasteiger partial charge on any atom is 0.146 e. The Morgan fingerprint density at radius 3 is 2.94 bits per heavy atom. The van der Waals surface area contributed by atoms with Gasteiger partial charge in [0.15, 0.2) is 0 Å². The van der Waals surface area contributed by atoms with Crippen LogP contribution in [0.15, 0.2) is 12.5 Å². The molecule has 17 heavy (non-hydrogen) atoms. The van der Waals surface area contributed by atoms with Crippen molar-refractivity contribution in [3.05, 3.63) is 16.1 Å². The minimum Gasteiger partial charge on any atom is -0.383 e. The van der Waals surface area contributed by atoms with Crippen molar-refractivity contribution in [2.24, 2.45) is 5.92 Å². The van der Waals surface area contributed by atoms with Crippen molar-refractivity contribution >= 4 is 45.7 Å². The molecule has 5 nitrogen and oxygen atoms in total. The minimum atomic E-state index is 0.203. The number of hydrogen-bond donors (Lipinski definition) is 1. The third kappa shape index (κ3) is 1.62. The quantitative estimate of drug-likeness (QED) is 0.667. The molecule has 1 aliphatic carbocycles. The standard InChI is InChI=1S/C11H11IN4O/c12-8-3-16(7-1-6(2-7)4-17)11-9(8)10(13)14-5-15-11/h3-7H,1-2H2,(H2,13,14,15). The summed E-state index contributed by atoms with van der Waals surface area (Å²) in [6, 6.07) is 0.366. The number of carbonyl (C=O) groups is 1. The zero-order chi connectivity index (χ0) is 12.0. The summed E-state index contributed by atoms with van der Waals surface area (Å²) in [6.07, 6.45) is 6.36. The Balaban J connectivity index is 2.07. The third-order valence-corrected chi connectivity index (χ3v) is 4.15. The normalized spacial score (nSPS) is 23.6. The number of hydrogen-bond acceptors (Lipinski definition) is 4. The fourth-order valence-electron chi connectivity index (χ4n) is 2.31. The maximum absolute atomic E-state index is 10.6. The second-order valence-electron chi connectivity index (χ2n) is 4.36. The Bertz CT molecular complexity index is 588. The summed E-state index contributed by atoms with van der Waals surface area (Å²) < 4.78 is 3.18. The number of fused-ring (bicyclic) bond motifs is 1. The van der Waals surface area contributed by atoms with E-state index in [1.165, 1.54) is 6.33 Å². The lowest BCUT2D eigenvalue weighted by Crippen LogP contribution is -2.27. The van der Waals surface area contributed by atoms with E-state index in [4.69, 9.17) is 5.73 Å². The van der Waals surface area contributed by atoms with Crippen LogP contribution in [-0.2, 0) is 4.79 Å². The van der Waals surface area contributed by atoms with Crippen LogP contribution in [0.2, 0.25) is 0 Å². The molecule has 3 rings (SSSR count). The van der Waals surface area contributed by atoms with Crippen molar-refractivity contribution in [2.75, 3.05) is 5.73 Å². The van der Waals surface area contributed by atoms with Crippen LogP contribution in [0.1, 0.15) is 18.9 Å². The number of anilines is 1. The Kier molecular flexibility index (Phi) is 2.53. The zero-order valence-electron chi connectivity index (χ0n) is 9.01. The lowest BCUT2D eigenvalue weighted by atomic mass is 9.81. The molecule has 0 bridgehead atoms. The second-order valence-corrected chi connectivity index (χ2v) is 5.53. The first kappa shape index (κ1) is 10.9. The van der Waals surface area contributed by atoms with Crippen LogP contribution in [0.5, 0.6) is 0 Å². The van der Waals surface area contributed by atoms with E-state index in [0.717, 1.165) is 33.7 Å². The van der Waals surface area contributed by atoms with Crippen LogP contribution < -0.4 is 5.73 Å². The minimum absolute atomic E-state index is 0.203. The molecular formula is C11H11IN4O. The number of nitrogen functional groups attached to an aromatic ring is 1. The van der Waals surface area contributed by atoms with Crippen molar-refractivity contribution in [3.63, 3.8) is 0 Å². The van der Waals surface area contributed by atoms with Crippen LogP contribution in [0, 0.1) is 9.49 Å². The van der Waals surface area contributed by atoms with Crippen LogP contribution in [0.3, 0.4) is 0 Å². The predicted molar refractivity (Wildman–Crippen MR) is 72.5 cm³/mol. The van der Waals surface area contributed by atoms with Crippen LogP contribution in [0.25, 0.3) is 11.0 Å². The van der Waals surface area contributed by atoms with Crippen LogP contribution >= 0.6 is 22.6 Å². The van der Waals surface area contributed by atoms with Gasteiger partial charge in [0.2, 0.25) is 0 Å². The van der Waals surface area contributed by atoms with Gasteiger partial charge in [-0.25, -0.2) is 9.97 Å². The Morgan fingerprint density at radius 1 is 1.47 bits per heavy atom. The van der Waals surface area contributed by atoms with E-state index in [1.54, 1.807) is 0 Å². The van der Waals surface area contributed by atoms with E-state index in [9.17, 15) is 4.79 Å². The molecule has 2 heterocycles. The molecule has 88 valence electrons. The molecule has 0 aliphatic heterocycles. The van der Waals surface area contributed by atoms with E-state index in [1.807, 2.05) is 6.20 Å². The Morgan fingerprint density at radius 2 is 2.24 bits per heavy atom. The van der Waals surface area contributed by atoms with Gasteiger partial charge in [-0.05, 0) is 35.4 Å². The van der Waals surface area contributed by atoms with Crippen molar-refractivity contribution in [1.29, 1.82) is 0 Å². The molecule has 0 radical (unpaired) electrons. The second kappa shape index (κ2) is 3.94. The molecule has 1 saturated carbocycles. The monoisotopic (exact) mass is 342 g/mol. The molecule has 2 N–H and O–H groups in total. The summed E-state index contributed by atoms with van der Waals surface area (Å²) in [4.78, 5) is 18.9. The van der Waals surface area contributed by atoms with Gasteiger partial charge in [-0.1, -0.05) is 0 Å². The summed E-state index contributed by atoms with van der Waals surface area (Å²) in [7, 11) is 0. The summed E-state index contributed by atoms with van der Waals surface area (Å²) in [5.74, 6) is 0.721. The molecule has 6 heteroatoms. The smallest absolute Gasteiger partial charge is 0.146 e. The van der Waals surface area contributed by atoms with E-state index in [2.05, 4.69) is 37.1 Å². The van der Waals surface area contributed by atoms with E-state index >= 15 is 0 Å². The topological polar surface area (TPSA) is 73.8 Å². The molecule has 2 aromatic rings. The summed E-state index contributed by atoms with van der Waals surface area (Å²) in [6.45, 7) is 0. The molecule has 0 amide bonds. The molecule has 1 aliphatic rings. The zero-order valence-corrected chi connectivity index (χ0v) is 11.2. The van der Waals surface area contributed by atoms with Crippen LogP contribution in [0.4, 0.5) is 5.82 Å². The van der Waals surface area contributed by atoms with Crippen molar-refractivity contribution in [2.45, 2.75) is 18.9 Å². The molecule has 2 aromatic heterocycles. The SMILES string of the molecule is Nc1ncnc2c1c(I)cn2C1CC(C=O)C1. The Hall–Kier alpha value is -1.18. The molecule has 0 atom stereocenters. The first-order chi connectivity index (χ1) is 8.20. The van der Waals surface area contributed by atoms with E-state index in [0.29, 0.717) is 11.9 Å². The summed E-state index contributed by atoms with van der Waals surface area (Å²) in [5, 5.41) is 0.919. The molecule has 1 fully saturated rings. The van der Waals surface area contributed by atoms with Gasteiger partial charge in [0, 0.05) is 21.7 Å². The van der Waals surface area contributed by atoms with Gasteiger partial charge in [0.1, 0.15) is 24.1 Å². The van der Waals surface area contributed by atoms with E-state index < -0.39 is 0 Å². The first-order valence-electron chi connectivity index (χ1n) is 5.42. The fraction of sp³-hybridized carbons (Fsp3) is 0.364. The van der Waals surface area contributed by atoms with Gasteiger partial charge in [-0.3, -0.25) is 0 Å². The van der Waals surface area contributed by atoms with Crippen molar-refractivity contribution < 1.29 is 4.79 Å². The number of halogens is 1. The molecule has 0 aromatic carbocycles. The van der Waals surface area contributed by atoms with Crippen molar-refractivity contribution in [3.8, 4) is 0 Å². The highest BCUT2D eigenvalue weighted by molar-refractivity contribution is 14.1.